The highest BCUT2D eigenvalue weighted by molar-refractivity contribution is 5.95. The summed E-state index contributed by atoms with van der Waals surface area (Å²) in [6, 6.07) is 13.8. The smallest absolute Gasteiger partial charge is 0.257 e. The van der Waals surface area contributed by atoms with Crippen LogP contribution in [0.15, 0.2) is 54.7 Å². The fourth-order valence-corrected chi connectivity index (χ4v) is 3.11. The summed E-state index contributed by atoms with van der Waals surface area (Å²) in [5, 5.41) is 4.36. The number of aromatic nitrogens is 2. The third-order valence-corrected chi connectivity index (χ3v) is 4.51. The van der Waals surface area contributed by atoms with Crippen molar-refractivity contribution in [3.63, 3.8) is 0 Å². The topological polar surface area (TPSA) is 47.4 Å². The Balaban J connectivity index is 1.78. The van der Waals surface area contributed by atoms with Gasteiger partial charge >= 0.3 is 0 Å². The Hall–Kier alpha value is -3.15. The van der Waals surface area contributed by atoms with Gasteiger partial charge in [-0.3, -0.25) is 4.79 Å². The monoisotopic (exact) mass is 381 g/mol. The maximum atomic E-state index is 13.2. The van der Waals surface area contributed by atoms with Crippen LogP contribution in [-0.2, 0) is 13.0 Å². The molecule has 0 saturated heterocycles. The molecule has 1 heterocycles. The maximum Gasteiger partial charge on any atom is 0.257 e. The number of ether oxygens (including phenoxy) is 1. The summed E-state index contributed by atoms with van der Waals surface area (Å²) in [7, 11) is 1.77. The van der Waals surface area contributed by atoms with E-state index < -0.39 is 0 Å². The summed E-state index contributed by atoms with van der Waals surface area (Å²) in [4.78, 5) is 14.7. The molecule has 1 amide bonds. The summed E-state index contributed by atoms with van der Waals surface area (Å²) >= 11 is 0. The summed E-state index contributed by atoms with van der Waals surface area (Å²) in [5.41, 5.74) is 3.10. The third kappa shape index (κ3) is 4.22. The predicted molar refractivity (Wildman–Crippen MR) is 106 cm³/mol. The highest BCUT2D eigenvalue weighted by atomic mass is 19.1. The van der Waals surface area contributed by atoms with Gasteiger partial charge in [0, 0.05) is 13.6 Å². The lowest BCUT2D eigenvalue weighted by atomic mass is 10.1. The molecule has 0 aliphatic rings. The Bertz CT molecular complexity index is 933. The molecule has 0 aliphatic carbocycles. The molecular weight excluding hydrogens is 357 g/mol. The molecule has 0 fully saturated rings. The number of hydrogen-bond donors (Lipinski definition) is 0. The van der Waals surface area contributed by atoms with Crippen molar-refractivity contribution < 1.29 is 13.9 Å². The van der Waals surface area contributed by atoms with Gasteiger partial charge in [-0.15, -0.1) is 0 Å². The number of hydrogen-bond acceptors (Lipinski definition) is 3. The lowest BCUT2D eigenvalue weighted by Crippen LogP contribution is -2.27. The van der Waals surface area contributed by atoms with Crippen molar-refractivity contribution >= 4 is 5.91 Å². The van der Waals surface area contributed by atoms with E-state index in [-0.39, 0.29) is 11.7 Å². The molecule has 6 heteroatoms. The van der Waals surface area contributed by atoms with Crippen LogP contribution in [0.4, 0.5) is 4.39 Å². The molecule has 1 aromatic heterocycles. The van der Waals surface area contributed by atoms with Crippen molar-refractivity contribution in [3.8, 4) is 11.4 Å². The van der Waals surface area contributed by atoms with Gasteiger partial charge in [0.1, 0.15) is 11.6 Å². The number of halogens is 1. The quantitative estimate of drug-likeness (QED) is 0.615. The minimum Gasteiger partial charge on any atom is -0.494 e. The summed E-state index contributed by atoms with van der Waals surface area (Å²) < 4.78 is 20.3. The zero-order valence-corrected chi connectivity index (χ0v) is 16.4. The molecule has 0 bridgehead atoms. The predicted octanol–water partition coefficient (Wildman–Crippen LogP) is 4.24. The normalized spacial score (nSPS) is 10.7. The molecule has 0 aliphatic heterocycles. The molecule has 0 saturated carbocycles. The van der Waals surface area contributed by atoms with E-state index in [4.69, 9.17) is 4.74 Å². The minimum atomic E-state index is -0.305. The molecule has 0 unspecified atom stereocenters. The van der Waals surface area contributed by atoms with Crippen LogP contribution in [0.3, 0.4) is 0 Å². The van der Waals surface area contributed by atoms with E-state index in [0.717, 1.165) is 22.7 Å². The van der Waals surface area contributed by atoms with Crippen LogP contribution in [0.2, 0.25) is 0 Å². The van der Waals surface area contributed by atoms with Gasteiger partial charge in [-0.25, -0.2) is 9.07 Å². The van der Waals surface area contributed by atoms with E-state index in [1.807, 2.05) is 38.1 Å². The molecule has 146 valence electrons. The molecular formula is C22H24FN3O2. The first-order valence-corrected chi connectivity index (χ1v) is 9.33. The van der Waals surface area contributed by atoms with Crippen LogP contribution in [-0.4, -0.2) is 34.2 Å². The van der Waals surface area contributed by atoms with Crippen LogP contribution >= 0.6 is 0 Å². The van der Waals surface area contributed by atoms with Gasteiger partial charge < -0.3 is 9.64 Å². The molecule has 2 aromatic carbocycles. The first kappa shape index (κ1) is 19.6. The van der Waals surface area contributed by atoms with Gasteiger partial charge in [0.25, 0.3) is 5.91 Å². The van der Waals surface area contributed by atoms with Crippen molar-refractivity contribution in [3.05, 3.63) is 77.4 Å². The van der Waals surface area contributed by atoms with Gasteiger partial charge in [-0.2, -0.15) is 5.10 Å². The lowest BCUT2D eigenvalue weighted by molar-refractivity contribution is 0.0784. The highest BCUT2D eigenvalue weighted by Crippen LogP contribution is 2.19. The molecule has 3 rings (SSSR count). The standard InChI is InChI=1S/C22H24FN3O2/c1-4-21-20(14-24-26(21)18-10-8-17(23)9-11-18)22(27)25(3)15-16-6-12-19(13-7-16)28-5-2/h6-14H,4-5,15H2,1-3H3. The maximum absolute atomic E-state index is 13.2. The Labute approximate surface area is 164 Å². The summed E-state index contributed by atoms with van der Waals surface area (Å²) in [6.45, 7) is 5.02. The average molecular weight is 381 g/mol. The van der Waals surface area contributed by atoms with Gasteiger partial charge in [0.05, 0.1) is 29.7 Å². The number of carbonyl (C=O) groups excluding carboxylic acids is 1. The SMILES string of the molecule is CCOc1ccc(CN(C)C(=O)c2cnn(-c3ccc(F)cc3)c2CC)cc1. The van der Waals surface area contributed by atoms with Gasteiger partial charge in [-0.05, 0) is 55.3 Å². The number of rotatable bonds is 7. The molecule has 5 nitrogen and oxygen atoms in total. The van der Waals surface area contributed by atoms with Gasteiger partial charge in [0.15, 0.2) is 0 Å². The van der Waals surface area contributed by atoms with E-state index in [0.29, 0.717) is 25.1 Å². The Morgan fingerprint density at radius 1 is 1.11 bits per heavy atom. The third-order valence-electron chi connectivity index (χ3n) is 4.51. The van der Waals surface area contributed by atoms with E-state index >= 15 is 0 Å². The average Bonchev–Trinajstić information content (AvgIpc) is 3.13. The molecule has 0 spiro atoms. The fraction of sp³-hybridized carbons (Fsp3) is 0.273. The first-order chi connectivity index (χ1) is 13.5. The molecule has 28 heavy (non-hydrogen) atoms. The van der Waals surface area contributed by atoms with Crippen LogP contribution in [0, 0.1) is 5.82 Å². The zero-order valence-electron chi connectivity index (χ0n) is 16.4. The molecule has 0 N–H and O–H groups in total. The van der Waals surface area contributed by atoms with Crippen molar-refractivity contribution in [2.75, 3.05) is 13.7 Å². The lowest BCUT2D eigenvalue weighted by Gasteiger charge is -2.18. The van der Waals surface area contributed by atoms with Crippen molar-refractivity contribution in [2.24, 2.45) is 0 Å². The second-order valence-electron chi connectivity index (χ2n) is 6.48. The zero-order chi connectivity index (χ0) is 20.1. The van der Waals surface area contributed by atoms with E-state index in [9.17, 15) is 9.18 Å². The fourth-order valence-electron chi connectivity index (χ4n) is 3.11. The van der Waals surface area contributed by atoms with Crippen LogP contribution in [0.25, 0.3) is 5.69 Å². The van der Waals surface area contributed by atoms with E-state index in [1.165, 1.54) is 12.1 Å². The number of carbonyl (C=O) groups is 1. The number of nitrogens with zero attached hydrogens (tertiary/aromatic N) is 3. The number of amides is 1. The second-order valence-corrected chi connectivity index (χ2v) is 6.48. The number of benzene rings is 2. The summed E-state index contributed by atoms with van der Waals surface area (Å²) in [5.74, 6) is 0.411. The van der Waals surface area contributed by atoms with E-state index in [1.54, 1.807) is 35.0 Å². The van der Waals surface area contributed by atoms with Crippen LogP contribution in [0.5, 0.6) is 5.75 Å². The minimum absolute atomic E-state index is 0.0981. The highest BCUT2D eigenvalue weighted by Gasteiger charge is 2.20. The van der Waals surface area contributed by atoms with Crippen molar-refractivity contribution in [2.45, 2.75) is 26.8 Å². The first-order valence-electron chi connectivity index (χ1n) is 9.33. The molecule has 0 radical (unpaired) electrons. The molecule has 0 atom stereocenters. The van der Waals surface area contributed by atoms with Gasteiger partial charge in [-0.1, -0.05) is 19.1 Å². The second kappa shape index (κ2) is 8.69. The van der Waals surface area contributed by atoms with E-state index in [2.05, 4.69) is 5.10 Å². The van der Waals surface area contributed by atoms with Gasteiger partial charge in [0.2, 0.25) is 0 Å². The molecule has 3 aromatic rings. The Morgan fingerprint density at radius 2 is 1.79 bits per heavy atom. The van der Waals surface area contributed by atoms with Crippen molar-refractivity contribution in [1.29, 1.82) is 0 Å². The Morgan fingerprint density at radius 3 is 2.39 bits per heavy atom. The largest absolute Gasteiger partial charge is 0.494 e. The van der Waals surface area contributed by atoms with Crippen molar-refractivity contribution in [1.82, 2.24) is 14.7 Å². The summed E-state index contributed by atoms with van der Waals surface area (Å²) in [6.07, 6.45) is 2.22. The van der Waals surface area contributed by atoms with Crippen LogP contribution < -0.4 is 4.74 Å². The van der Waals surface area contributed by atoms with Crippen LogP contribution in [0.1, 0.15) is 35.5 Å². The Kier molecular flexibility index (Phi) is 6.09.